The quantitative estimate of drug-likeness (QED) is 0.109. The summed E-state index contributed by atoms with van der Waals surface area (Å²) in [7, 11) is 4.28. The highest BCUT2D eigenvalue weighted by atomic mass is 35.5. The average Bonchev–Trinajstić information content (AvgIpc) is 3.58. The number of hydrogen-bond acceptors (Lipinski definition) is 11. The number of anilines is 2. The summed E-state index contributed by atoms with van der Waals surface area (Å²) in [5, 5.41) is 32.2. The van der Waals surface area contributed by atoms with Crippen molar-refractivity contribution in [2.45, 2.75) is 24.2 Å². The van der Waals surface area contributed by atoms with E-state index in [2.05, 4.69) is 5.43 Å². The number of phenols is 2. The molecule has 4 N–H and O–H groups in total. The van der Waals surface area contributed by atoms with Crippen molar-refractivity contribution in [3.05, 3.63) is 111 Å². The number of phenolic OH excluding ortho intramolecular Hbond substituents is 1. The second-order valence-electron chi connectivity index (χ2n) is 14.5. The van der Waals surface area contributed by atoms with Gasteiger partial charge in [0, 0.05) is 34.7 Å². The third-order valence-electron chi connectivity index (χ3n) is 11.9. The number of aromatic carboxylic acids is 1. The molecule has 0 unspecified atom stereocenters. The van der Waals surface area contributed by atoms with E-state index in [9.17, 15) is 29.7 Å². The van der Waals surface area contributed by atoms with Crippen molar-refractivity contribution in [1.29, 1.82) is 0 Å². The minimum absolute atomic E-state index is 0.0161. The first kappa shape index (κ1) is 38.6. The third-order valence-corrected chi connectivity index (χ3v) is 12.4. The van der Waals surface area contributed by atoms with Crippen LogP contribution in [0.5, 0.6) is 28.7 Å². The summed E-state index contributed by atoms with van der Waals surface area (Å²) >= 11 is 12.7. The number of imide groups is 2. The number of nitrogens with one attached hydrogen (secondary N) is 1. The molecule has 2 heterocycles. The van der Waals surface area contributed by atoms with E-state index in [1.807, 2.05) is 6.08 Å². The summed E-state index contributed by atoms with van der Waals surface area (Å²) in [6, 6.07) is 17.5. The molecule has 0 radical (unpaired) electrons. The second kappa shape index (κ2) is 14.3. The Balaban J connectivity index is 1.36. The van der Waals surface area contributed by atoms with Gasteiger partial charge in [-0.3, -0.25) is 24.6 Å². The standard InChI is InChI=1S/C42H35Cl2N3O11/c1-56-23-8-4-19(5-9-23)42-28(38(51)47(41(42)55)45-30-13-6-20(43)14-29(30)44)18-27-24(36(42)35-32(57-2)16-22(48)17-33(35)58-3)11-12-26-34(27)39(52)46(37(26)50)21-7-10-25(40(53)54)31(49)15-21/h4-11,13-17,26-28,34,36,45,48-49H,12,18H2,1-3H3,(H,53,54)/t26-,27+,28-,34-,36+,42+/m0/s1. The molecule has 4 amide bonds. The summed E-state index contributed by atoms with van der Waals surface area (Å²) in [6.45, 7) is 0. The molecule has 58 heavy (non-hydrogen) atoms. The van der Waals surface area contributed by atoms with E-state index in [0.29, 0.717) is 27.5 Å². The van der Waals surface area contributed by atoms with Crippen LogP contribution in [-0.2, 0) is 24.6 Å². The van der Waals surface area contributed by atoms with Crippen LogP contribution in [0.2, 0.25) is 10.0 Å². The van der Waals surface area contributed by atoms with Crippen molar-refractivity contribution in [2.24, 2.45) is 23.7 Å². The van der Waals surface area contributed by atoms with E-state index < -0.39 is 75.9 Å². The smallest absolute Gasteiger partial charge is 0.339 e. The topological polar surface area (TPSA) is 192 Å². The fourth-order valence-corrected chi connectivity index (χ4v) is 9.91. The molecule has 4 aromatic rings. The predicted molar refractivity (Wildman–Crippen MR) is 209 cm³/mol. The summed E-state index contributed by atoms with van der Waals surface area (Å²) in [5.41, 5.74) is 2.28. The fraction of sp³-hybridized carbons (Fsp3) is 0.262. The van der Waals surface area contributed by atoms with Crippen LogP contribution >= 0.6 is 23.2 Å². The van der Waals surface area contributed by atoms with Crippen LogP contribution in [0.4, 0.5) is 11.4 Å². The van der Waals surface area contributed by atoms with Gasteiger partial charge in [-0.1, -0.05) is 47.0 Å². The number of allylic oxidation sites excluding steroid dienone is 2. The Bertz CT molecular complexity index is 2450. The lowest BCUT2D eigenvalue weighted by Gasteiger charge is -2.51. The van der Waals surface area contributed by atoms with Gasteiger partial charge in [-0.05, 0) is 66.8 Å². The van der Waals surface area contributed by atoms with E-state index >= 15 is 9.59 Å². The molecule has 0 aromatic heterocycles. The molecule has 2 aliphatic carbocycles. The zero-order valence-electron chi connectivity index (χ0n) is 31.1. The summed E-state index contributed by atoms with van der Waals surface area (Å²) < 4.78 is 17.2. The van der Waals surface area contributed by atoms with E-state index in [1.165, 1.54) is 51.7 Å². The highest BCUT2D eigenvalue weighted by molar-refractivity contribution is 6.36. The number of hydrogen-bond donors (Lipinski definition) is 4. The van der Waals surface area contributed by atoms with Gasteiger partial charge in [0.25, 0.3) is 11.8 Å². The number of carbonyl (C=O) groups excluding carboxylic acids is 4. The Labute approximate surface area is 341 Å². The molecule has 4 aliphatic rings. The van der Waals surface area contributed by atoms with Gasteiger partial charge >= 0.3 is 5.97 Å². The fourth-order valence-electron chi connectivity index (χ4n) is 9.46. The third kappa shape index (κ3) is 5.64. The first-order valence-electron chi connectivity index (χ1n) is 18.1. The molecule has 16 heteroatoms. The van der Waals surface area contributed by atoms with E-state index in [4.69, 9.17) is 37.4 Å². The highest BCUT2D eigenvalue weighted by Gasteiger charge is 2.71. The van der Waals surface area contributed by atoms with E-state index in [1.54, 1.807) is 30.3 Å². The molecule has 14 nitrogen and oxygen atoms in total. The molecule has 3 fully saturated rings. The summed E-state index contributed by atoms with van der Waals surface area (Å²) in [5.74, 6) is -8.97. The molecule has 4 aromatic carbocycles. The van der Waals surface area contributed by atoms with Crippen molar-refractivity contribution in [3.8, 4) is 28.7 Å². The number of carboxylic acids is 1. The van der Waals surface area contributed by atoms with Crippen molar-refractivity contribution < 1.29 is 53.5 Å². The number of carbonyl (C=O) groups is 5. The maximum Gasteiger partial charge on any atom is 0.339 e. The Hall–Kier alpha value is -6.25. The number of fused-ring (bicyclic) bond motifs is 4. The van der Waals surface area contributed by atoms with Gasteiger partial charge < -0.3 is 29.5 Å². The van der Waals surface area contributed by atoms with Crippen molar-refractivity contribution >= 4 is 64.2 Å². The molecule has 0 bridgehead atoms. The number of carboxylic acid groups (broad SMARTS) is 1. The van der Waals surface area contributed by atoms with Crippen LogP contribution in [0.3, 0.4) is 0 Å². The van der Waals surface area contributed by atoms with Crippen molar-refractivity contribution in [3.63, 3.8) is 0 Å². The molecule has 1 saturated carbocycles. The lowest BCUT2D eigenvalue weighted by atomic mass is 9.49. The maximum absolute atomic E-state index is 15.6. The van der Waals surface area contributed by atoms with Crippen molar-refractivity contribution in [2.75, 3.05) is 31.7 Å². The average molecular weight is 829 g/mol. The molecule has 2 aliphatic heterocycles. The minimum Gasteiger partial charge on any atom is -0.508 e. The van der Waals surface area contributed by atoms with Gasteiger partial charge in [-0.15, -0.1) is 0 Å². The molecular weight excluding hydrogens is 793 g/mol. The molecule has 2 saturated heterocycles. The second-order valence-corrected chi connectivity index (χ2v) is 15.3. The first-order valence-corrected chi connectivity index (χ1v) is 18.9. The number of ether oxygens (including phenoxy) is 3. The summed E-state index contributed by atoms with van der Waals surface area (Å²) in [4.78, 5) is 72.1. The van der Waals surface area contributed by atoms with Gasteiger partial charge in [-0.2, -0.15) is 5.01 Å². The van der Waals surface area contributed by atoms with Crippen LogP contribution in [0.1, 0.15) is 40.2 Å². The number of nitrogens with zero attached hydrogens (tertiary/aromatic N) is 2. The number of methoxy groups -OCH3 is 3. The van der Waals surface area contributed by atoms with E-state index in [0.717, 1.165) is 22.0 Å². The molecule has 0 spiro atoms. The minimum atomic E-state index is -1.76. The zero-order valence-corrected chi connectivity index (χ0v) is 32.6. The predicted octanol–water partition coefficient (Wildman–Crippen LogP) is 6.32. The van der Waals surface area contributed by atoms with Gasteiger partial charge in [-0.25, -0.2) is 9.69 Å². The Kier molecular flexibility index (Phi) is 9.52. The lowest BCUT2D eigenvalue weighted by Crippen LogP contribution is -2.53. The number of halogens is 2. The number of benzene rings is 4. The molecular formula is C42H35Cl2N3O11. The van der Waals surface area contributed by atoms with Gasteiger partial charge in [0.1, 0.15) is 34.3 Å². The van der Waals surface area contributed by atoms with Gasteiger partial charge in [0.15, 0.2) is 0 Å². The maximum atomic E-state index is 15.6. The lowest BCUT2D eigenvalue weighted by molar-refractivity contribution is -0.138. The molecule has 6 atom stereocenters. The number of aromatic hydroxyl groups is 2. The zero-order chi connectivity index (χ0) is 41.4. The Morgan fingerprint density at radius 3 is 2.12 bits per heavy atom. The number of amides is 4. The largest absolute Gasteiger partial charge is 0.508 e. The Morgan fingerprint density at radius 1 is 0.828 bits per heavy atom. The van der Waals surface area contributed by atoms with Gasteiger partial charge in [0.05, 0.1) is 60.9 Å². The van der Waals surface area contributed by atoms with Gasteiger partial charge in [0.2, 0.25) is 11.8 Å². The monoisotopic (exact) mass is 827 g/mol. The number of hydrazine groups is 1. The van der Waals surface area contributed by atoms with Crippen LogP contribution in [0.25, 0.3) is 0 Å². The highest BCUT2D eigenvalue weighted by Crippen LogP contribution is 2.66. The van der Waals surface area contributed by atoms with Crippen LogP contribution in [0.15, 0.2) is 84.4 Å². The van der Waals surface area contributed by atoms with Crippen LogP contribution < -0.4 is 24.5 Å². The normalized spacial score (nSPS) is 24.8. The summed E-state index contributed by atoms with van der Waals surface area (Å²) in [6.07, 6.45) is 1.82. The molecule has 8 rings (SSSR count). The van der Waals surface area contributed by atoms with E-state index in [-0.39, 0.29) is 46.5 Å². The Morgan fingerprint density at radius 2 is 1.52 bits per heavy atom. The number of rotatable bonds is 9. The SMILES string of the molecule is COc1ccc([C@@]23C(=O)N(Nc4ccc(Cl)cc4Cl)C(=O)[C@@H]2C[C@@H]2C(=CC[C@@H]4C(=O)N(c5ccc(C(=O)O)c(O)c5)C(=O)[C@@H]42)[C@@H]3c2c(OC)cc(O)cc2OC)cc1. The van der Waals surface area contributed by atoms with Crippen molar-refractivity contribution in [1.82, 2.24) is 5.01 Å². The van der Waals surface area contributed by atoms with Crippen LogP contribution in [0, 0.1) is 23.7 Å². The van der Waals surface area contributed by atoms with Crippen LogP contribution in [-0.4, -0.2) is 71.3 Å². The molecule has 298 valence electrons. The first-order chi connectivity index (χ1) is 27.8.